The number of aliphatic hydroxyl groups excluding tert-OH is 4. The molecule has 0 spiro atoms. The number of hydrogen-bond acceptors (Lipinski definition) is 8. The van der Waals surface area contributed by atoms with Crippen molar-refractivity contribution in [2.45, 2.75) is 50.0 Å². The van der Waals surface area contributed by atoms with Gasteiger partial charge in [0.1, 0.15) is 37.6 Å². The summed E-state index contributed by atoms with van der Waals surface area (Å²) in [5.74, 6) is -0.297. The van der Waals surface area contributed by atoms with Crippen LogP contribution in [0.1, 0.15) is 29.2 Å². The van der Waals surface area contributed by atoms with Crippen molar-refractivity contribution in [2.75, 3.05) is 26.9 Å². The van der Waals surface area contributed by atoms with Crippen LogP contribution in [0.25, 0.3) is 0 Å². The first kappa shape index (κ1) is 23.0. The molecule has 2 aliphatic rings. The molecule has 4 rings (SSSR count). The van der Waals surface area contributed by atoms with Crippen molar-refractivity contribution in [3.8, 4) is 11.5 Å². The second kappa shape index (κ2) is 9.35. The third kappa shape index (κ3) is 3.98. The van der Waals surface area contributed by atoms with Crippen molar-refractivity contribution in [2.24, 2.45) is 0 Å². The molecule has 1 saturated heterocycles. The Morgan fingerprint density at radius 1 is 0.969 bits per heavy atom. The van der Waals surface area contributed by atoms with Crippen LogP contribution in [0.4, 0.5) is 0 Å². The van der Waals surface area contributed by atoms with Crippen LogP contribution in [0.3, 0.4) is 0 Å². The molecule has 2 aliphatic heterocycles. The molecule has 0 aliphatic carbocycles. The summed E-state index contributed by atoms with van der Waals surface area (Å²) in [6, 6.07) is 11.4. The normalized spacial score (nSPS) is 29.7. The molecular weight excluding hydrogens is 416 g/mol. The highest BCUT2D eigenvalue weighted by Crippen LogP contribution is 2.40. The monoisotopic (exact) mass is 446 g/mol. The summed E-state index contributed by atoms with van der Waals surface area (Å²) < 4.78 is 22.7. The molecule has 32 heavy (non-hydrogen) atoms. The number of methoxy groups -OCH3 is 1. The quantitative estimate of drug-likeness (QED) is 0.517. The van der Waals surface area contributed by atoms with Crippen LogP contribution in [0.15, 0.2) is 36.4 Å². The minimum atomic E-state index is -1.74. The lowest BCUT2D eigenvalue weighted by Crippen LogP contribution is -2.64. The van der Waals surface area contributed by atoms with E-state index in [0.29, 0.717) is 30.9 Å². The van der Waals surface area contributed by atoms with Gasteiger partial charge < -0.3 is 39.4 Å². The van der Waals surface area contributed by atoms with Crippen LogP contribution < -0.4 is 9.47 Å². The van der Waals surface area contributed by atoms with Gasteiger partial charge in [0.25, 0.3) is 0 Å². The summed E-state index contributed by atoms with van der Waals surface area (Å²) in [5, 5.41) is 40.9. The van der Waals surface area contributed by atoms with Gasteiger partial charge in [-0.05, 0) is 47.7 Å². The van der Waals surface area contributed by atoms with E-state index in [9.17, 15) is 20.4 Å². The maximum absolute atomic E-state index is 10.8. The number of fused-ring (bicyclic) bond motifs is 1. The van der Waals surface area contributed by atoms with Crippen molar-refractivity contribution in [1.29, 1.82) is 0 Å². The van der Waals surface area contributed by atoms with E-state index in [1.165, 1.54) is 7.11 Å². The van der Waals surface area contributed by atoms with Gasteiger partial charge in [-0.15, -0.1) is 0 Å². The van der Waals surface area contributed by atoms with Crippen LogP contribution >= 0.6 is 0 Å². The summed E-state index contributed by atoms with van der Waals surface area (Å²) in [7, 11) is 1.36. The highest BCUT2D eigenvalue weighted by molar-refractivity contribution is 5.46. The summed E-state index contributed by atoms with van der Waals surface area (Å²) in [5.41, 5.74) is 3.62. The molecule has 0 unspecified atom stereocenters. The van der Waals surface area contributed by atoms with E-state index in [2.05, 4.69) is 6.92 Å². The first-order valence-electron chi connectivity index (χ1n) is 10.8. The van der Waals surface area contributed by atoms with Crippen LogP contribution in [0.2, 0.25) is 0 Å². The molecule has 8 nitrogen and oxygen atoms in total. The lowest BCUT2D eigenvalue weighted by molar-refractivity contribution is -0.366. The van der Waals surface area contributed by atoms with Gasteiger partial charge >= 0.3 is 0 Å². The van der Waals surface area contributed by atoms with E-state index in [-0.39, 0.29) is 0 Å². The van der Waals surface area contributed by atoms with E-state index in [4.69, 9.17) is 18.9 Å². The highest BCUT2D eigenvalue weighted by atomic mass is 16.7. The van der Waals surface area contributed by atoms with Gasteiger partial charge in [0, 0.05) is 12.7 Å². The lowest BCUT2D eigenvalue weighted by Gasteiger charge is -2.47. The third-order valence-electron chi connectivity index (χ3n) is 6.24. The molecule has 8 heteroatoms. The molecule has 0 saturated carbocycles. The molecule has 0 aromatic heterocycles. The van der Waals surface area contributed by atoms with Gasteiger partial charge in [-0.2, -0.15) is 0 Å². The molecule has 2 heterocycles. The molecule has 1 fully saturated rings. The van der Waals surface area contributed by atoms with Crippen molar-refractivity contribution in [1.82, 2.24) is 0 Å². The van der Waals surface area contributed by atoms with E-state index in [0.717, 1.165) is 28.9 Å². The van der Waals surface area contributed by atoms with Crippen molar-refractivity contribution >= 4 is 0 Å². The van der Waals surface area contributed by atoms with Gasteiger partial charge in [-0.25, -0.2) is 0 Å². The predicted molar refractivity (Wildman–Crippen MR) is 115 cm³/mol. The minimum Gasteiger partial charge on any atom is -0.486 e. The number of benzene rings is 2. The van der Waals surface area contributed by atoms with Gasteiger partial charge in [0.2, 0.25) is 5.79 Å². The number of ether oxygens (including phenoxy) is 4. The topological polar surface area (TPSA) is 118 Å². The molecular formula is C24H30O8. The number of aliphatic hydroxyl groups is 4. The van der Waals surface area contributed by atoms with Crippen LogP contribution in [-0.2, 0) is 28.1 Å². The Morgan fingerprint density at radius 3 is 2.41 bits per heavy atom. The Morgan fingerprint density at radius 2 is 1.72 bits per heavy atom. The number of rotatable bonds is 6. The number of hydrogen-bond donors (Lipinski definition) is 4. The Balaban J connectivity index is 1.71. The molecule has 0 amide bonds. The first-order chi connectivity index (χ1) is 15.4. The standard InChI is InChI=1S/C24H30O8/c1-3-15-5-6-17(24(29-2)23(28)22(27)21(26)20(13-25)32-24)12-16(15)10-14-4-7-18-19(11-14)31-9-8-30-18/h4-7,11-12,20-23,25-28H,3,8-10,13H2,1-2H3/t20-,21-,22+,23-,24+/m1/s1. The van der Waals surface area contributed by atoms with Gasteiger partial charge in [0.15, 0.2) is 11.5 Å². The van der Waals surface area contributed by atoms with Crippen molar-refractivity contribution < 1.29 is 39.4 Å². The Hall–Kier alpha value is -2.20. The minimum absolute atomic E-state index is 0.488. The number of aryl methyl sites for hydroxylation is 1. The Bertz CT molecular complexity index is 946. The average molecular weight is 446 g/mol. The molecule has 174 valence electrons. The molecule has 0 bridgehead atoms. The fourth-order valence-electron chi connectivity index (χ4n) is 4.44. The summed E-state index contributed by atoms with van der Waals surface area (Å²) in [6.45, 7) is 2.57. The second-order valence-corrected chi connectivity index (χ2v) is 8.13. The molecule has 0 radical (unpaired) electrons. The fraction of sp³-hybridized carbons (Fsp3) is 0.500. The second-order valence-electron chi connectivity index (χ2n) is 8.13. The Labute approximate surface area is 186 Å². The van der Waals surface area contributed by atoms with E-state index < -0.39 is 36.8 Å². The van der Waals surface area contributed by atoms with Gasteiger partial charge in [-0.1, -0.05) is 25.1 Å². The smallest absolute Gasteiger partial charge is 0.224 e. The SMILES string of the molecule is CCc1ccc([C@]2(OC)O[C@H](CO)[C@@H](O)[C@H](O)[C@H]2O)cc1Cc1ccc2c(c1)OCCO2. The van der Waals surface area contributed by atoms with E-state index in [1.54, 1.807) is 6.07 Å². The molecule has 2 aromatic rings. The average Bonchev–Trinajstić information content (AvgIpc) is 2.83. The van der Waals surface area contributed by atoms with Gasteiger partial charge in [0.05, 0.1) is 6.61 Å². The zero-order chi connectivity index (χ0) is 22.9. The summed E-state index contributed by atoms with van der Waals surface area (Å²) in [4.78, 5) is 0. The highest BCUT2D eigenvalue weighted by Gasteiger charge is 2.55. The fourth-order valence-corrected chi connectivity index (χ4v) is 4.44. The summed E-state index contributed by atoms with van der Waals surface area (Å²) >= 11 is 0. The van der Waals surface area contributed by atoms with Gasteiger partial charge in [-0.3, -0.25) is 0 Å². The van der Waals surface area contributed by atoms with E-state index in [1.807, 2.05) is 30.3 Å². The lowest BCUT2D eigenvalue weighted by atomic mass is 9.85. The van der Waals surface area contributed by atoms with Crippen LogP contribution in [-0.4, -0.2) is 71.8 Å². The molecule has 5 atom stereocenters. The van der Waals surface area contributed by atoms with Crippen LogP contribution in [0, 0.1) is 0 Å². The largest absolute Gasteiger partial charge is 0.486 e. The maximum atomic E-state index is 10.8. The van der Waals surface area contributed by atoms with Crippen LogP contribution in [0.5, 0.6) is 11.5 Å². The predicted octanol–water partition coefficient (Wildman–Crippen LogP) is 0.884. The maximum Gasteiger partial charge on any atom is 0.224 e. The zero-order valence-corrected chi connectivity index (χ0v) is 18.2. The molecule has 4 N–H and O–H groups in total. The van der Waals surface area contributed by atoms with E-state index >= 15 is 0 Å². The summed E-state index contributed by atoms with van der Waals surface area (Å²) in [6.07, 6.45) is -4.26. The zero-order valence-electron chi connectivity index (χ0n) is 18.2. The first-order valence-corrected chi connectivity index (χ1v) is 10.8. The molecule has 2 aromatic carbocycles. The van der Waals surface area contributed by atoms with Crippen molar-refractivity contribution in [3.05, 3.63) is 58.7 Å². The Kier molecular flexibility index (Phi) is 6.71. The van der Waals surface area contributed by atoms with Crippen molar-refractivity contribution in [3.63, 3.8) is 0 Å². The third-order valence-corrected chi connectivity index (χ3v) is 6.24.